The molecule has 19 heavy (non-hydrogen) atoms. The van der Waals surface area contributed by atoms with Gasteiger partial charge in [-0.1, -0.05) is 51.8 Å². The average Bonchev–Trinajstić information content (AvgIpc) is 2.80. The van der Waals surface area contributed by atoms with Gasteiger partial charge in [-0.15, -0.1) is 0 Å². The molecule has 0 atom stereocenters. The van der Waals surface area contributed by atoms with E-state index in [1.54, 1.807) is 18.3 Å². The fraction of sp³-hybridized carbons (Fsp3) is 0. The van der Waals surface area contributed by atoms with Crippen molar-refractivity contribution in [2.75, 3.05) is 0 Å². The molecule has 0 unspecified atom stereocenters. The van der Waals surface area contributed by atoms with Crippen LogP contribution in [-0.4, -0.2) is 10.8 Å². The van der Waals surface area contributed by atoms with Crippen LogP contribution in [0.5, 0.6) is 0 Å². The second-order valence-electron chi connectivity index (χ2n) is 4.20. The van der Waals surface area contributed by atoms with E-state index in [4.69, 9.17) is 11.6 Å². The van der Waals surface area contributed by atoms with Gasteiger partial charge in [0.2, 0.25) is 0 Å². The molecule has 0 saturated carbocycles. The number of para-hydroxylation sites is 1. The molecule has 94 valence electrons. The lowest BCUT2D eigenvalue weighted by Crippen LogP contribution is -2.02. The maximum atomic E-state index is 12.5. The number of nitrogens with one attached hydrogen (secondary N) is 1. The minimum atomic E-state index is -0.0228. The number of ketones is 1. The third-order valence-electron chi connectivity index (χ3n) is 3.00. The number of hydrogen-bond donors (Lipinski definition) is 1. The van der Waals surface area contributed by atoms with E-state index in [-0.39, 0.29) is 5.78 Å². The molecule has 0 aliphatic rings. The summed E-state index contributed by atoms with van der Waals surface area (Å²) < 4.78 is 0.884. The Hall–Kier alpha value is -1.58. The van der Waals surface area contributed by atoms with Crippen LogP contribution in [0.4, 0.5) is 0 Å². The Bertz CT molecular complexity index is 779. The molecule has 0 radical (unpaired) electrons. The van der Waals surface area contributed by atoms with Gasteiger partial charge in [0.1, 0.15) is 0 Å². The highest BCUT2D eigenvalue weighted by Crippen LogP contribution is 2.27. The van der Waals surface area contributed by atoms with Gasteiger partial charge in [-0.25, -0.2) is 0 Å². The quantitative estimate of drug-likeness (QED) is 0.670. The Labute approximate surface area is 123 Å². The van der Waals surface area contributed by atoms with Crippen molar-refractivity contribution < 1.29 is 4.79 Å². The molecule has 1 aromatic heterocycles. The molecule has 0 fully saturated rings. The standard InChI is InChI=1S/C15H9BrClNO/c16-10-4-1-3-9(7-10)15(19)12-6-2-5-11-13(17)8-18-14(11)12/h1-8,18H. The normalized spacial score (nSPS) is 10.8. The summed E-state index contributed by atoms with van der Waals surface area (Å²) >= 11 is 9.45. The maximum Gasteiger partial charge on any atom is 0.195 e. The first-order valence-electron chi connectivity index (χ1n) is 5.72. The molecule has 0 saturated heterocycles. The Balaban J connectivity index is 2.17. The van der Waals surface area contributed by atoms with E-state index < -0.39 is 0 Å². The molecule has 3 rings (SSSR count). The van der Waals surface area contributed by atoms with Gasteiger partial charge in [0.25, 0.3) is 0 Å². The van der Waals surface area contributed by atoms with Crippen molar-refractivity contribution >= 4 is 44.2 Å². The SMILES string of the molecule is O=C(c1cccc(Br)c1)c1cccc2c(Cl)c[nH]c12. The van der Waals surface area contributed by atoms with Gasteiger partial charge in [-0.05, 0) is 18.2 Å². The number of rotatable bonds is 2. The minimum absolute atomic E-state index is 0.0228. The van der Waals surface area contributed by atoms with Gasteiger partial charge >= 0.3 is 0 Å². The highest BCUT2D eigenvalue weighted by molar-refractivity contribution is 9.10. The first-order chi connectivity index (χ1) is 9.16. The molecule has 0 amide bonds. The van der Waals surface area contributed by atoms with Crippen LogP contribution in [0, 0.1) is 0 Å². The van der Waals surface area contributed by atoms with E-state index in [1.165, 1.54) is 0 Å². The van der Waals surface area contributed by atoms with Gasteiger partial charge in [0.15, 0.2) is 5.78 Å². The van der Waals surface area contributed by atoms with Crippen molar-refractivity contribution in [2.24, 2.45) is 0 Å². The average molecular weight is 335 g/mol. The Morgan fingerprint density at radius 2 is 1.95 bits per heavy atom. The number of H-pyrrole nitrogens is 1. The summed E-state index contributed by atoms with van der Waals surface area (Å²) in [4.78, 5) is 15.6. The Morgan fingerprint density at radius 3 is 2.74 bits per heavy atom. The number of halogens is 2. The summed E-state index contributed by atoms with van der Waals surface area (Å²) in [7, 11) is 0. The third-order valence-corrected chi connectivity index (χ3v) is 3.80. The Morgan fingerprint density at radius 1 is 1.16 bits per heavy atom. The minimum Gasteiger partial charge on any atom is -0.359 e. The van der Waals surface area contributed by atoms with Crippen LogP contribution in [-0.2, 0) is 0 Å². The first kappa shape index (κ1) is 12.5. The zero-order valence-corrected chi connectivity index (χ0v) is 12.1. The highest BCUT2D eigenvalue weighted by Gasteiger charge is 2.14. The summed E-state index contributed by atoms with van der Waals surface area (Å²) in [6, 6.07) is 12.9. The predicted molar refractivity (Wildman–Crippen MR) is 80.9 cm³/mol. The lowest BCUT2D eigenvalue weighted by Gasteiger charge is -2.03. The van der Waals surface area contributed by atoms with Crippen LogP contribution in [0.15, 0.2) is 53.1 Å². The van der Waals surface area contributed by atoms with Gasteiger partial charge in [0, 0.05) is 27.2 Å². The highest BCUT2D eigenvalue weighted by atomic mass is 79.9. The fourth-order valence-corrected chi connectivity index (χ4v) is 2.71. The van der Waals surface area contributed by atoms with Crippen molar-refractivity contribution in [2.45, 2.75) is 0 Å². The summed E-state index contributed by atoms with van der Waals surface area (Å²) in [5.74, 6) is -0.0228. The number of aromatic nitrogens is 1. The predicted octanol–water partition coefficient (Wildman–Crippen LogP) is 4.81. The summed E-state index contributed by atoms with van der Waals surface area (Å²) in [6.45, 7) is 0. The molecule has 0 aliphatic carbocycles. The molecule has 3 aromatic rings. The van der Waals surface area contributed by atoms with Crippen LogP contribution in [0.1, 0.15) is 15.9 Å². The third kappa shape index (κ3) is 2.20. The van der Waals surface area contributed by atoms with Crippen molar-refractivity contribution in [3.63, 3.8) is 0 Å². The lowest BCUT2D eigenvalue weighted by molar-refractivity contribution is 0.104. The molecular weight excluding hydrogens is 326 g/mol. The molecule has 2 nitrogen and oxygen atoms in total. The van der Waals surface area contributed by atoms with Crippen LogP contribution < -0.4 is 0 Å². The number of benzene rings is 2. The zero-order chi connectivity index (χ0) is 13.4. The van der Waals surface area contributed by atoms with E-state index in [0.717, 1.165) is 15.4 Å². The lowest BCUT2D eigenvalue weighted by atomic mass is 10.0. The summed E-state index contributed by atoms with van der Waals surface area (Å²) in [5.41, 5.74) is 2.05. The molecule has 0 aliphatic heterocycles. The maximum absolute atomic E-state index is 12.5. The van der Waals surface area contributed by atoms with Gasteiger partial charge in [-0.3, -0.25) is 4.79 Å². The Kier molecular flexibility index (Phi) is 3.17. The van der Waals surface area contributed by atoms with Crippen LogP contribution >= 0.6 is 27.5 Å². The summed E-state index contributed by atoms with van der Waals surface area (Å²) in [5, 5.41) is 1.49. The monoisotopic (exact) mass is 333 g/mol. The van der Waals surface area contributed by atoms with E-state index in [9.17, 15) is 4.79 Å². The van der Waals surface area contributed by atoms with Gasteiger partial charge in [0.05, 0.1) is 10.5 Å². The van der Waals surface area contributed by atoms with Crippen molar-refractivity contribution in [1.82, 2.24) is 4.98 Å². The second kappa shape index (κ2) is 4.83. The fourth-order valence-electron chi connectivity index (χ4n) is 2.09. The van der Waals surface area contributed by atoms with Crippen molar-refractivity contribution in [3.8, 4) is 0 Å². The topological polar surface area (TPSA) is 32.9 Å². The zero-order valence-electron chi connectivity index (χ0n) is 9.78. The number of aromatic amines is 1. The molecule has 2 aromatic carbocycles. The molecule has 1 heterocycles. The van der Waals surface area contributed by atoms with Gasteiger partial charge in [-0.2, -0.15) is 0 Å². The molecular formula is C15H9BrClNO. The van der Waals surface area contributed by atoms with Crippen molar-refractivity contribution in [1.29, 1.82) is 0 Å². The number of fused-ring (bicyclic) bond motifs is 1. The first-order valence-corrected chi connectivity index (χ1v) is 6.90. The molecule has 0 bridgehead atoms. The van der Waals surface area contributed by atoms with E-state index >= 15 is 0 Å². The number of hydrogen-bond acceptors (Lipinski definition) is 1. The van der Waals surface area contributed by atoms with Crippen LogP contribution in [0.2, 0.25) is 5.02 Å². The smallest absolute Gasteiger partial charge is 0.195 e. The van der Waals surface area contributed by atoms with Crippen LogP contribution in [0.25, 0.3) is 10.9 Å². The molecule has 4 heteroatoms. The number of carbonyl (C=O) groups is 1. The van der Waals surface area contributed by atoms with Gasteiger partial charge < -0.3 is 4.98 Å². The van der Waals surface area contributed by atoms with Crippen molar-refractivity contribution in [3.05, 3.63) is 69.3 Å². The summed E-state index contributed by atoms with van der Waals surface area (Å²) in [6.07, 6.45) is 1.70. The number of carbonyl (C=O) groups excluding carboxylic acids is 1. The van der Waals surface area contributed by atoms with E-state index in [0.29, 0.717) is 16.1 Å². The van der Waals surface area contributed by atoms with E-state index in [1.807, 2.05) is 30.3 Å². The van der Waals surface area contributed by atoms with Crippen LogP contribution in [0.3, 0.4) is 0 Å². The molecule has 0 spiro atoms. The molecule has 1 N–H and O–H groups in total. The largest absolute Gasteiger partial charge is 0.359 e. The van der Waals surface area contributed by atoms with E-state index in [2.05, 4.69) is 20.9 Å². The second-order valence-corrected chi connectivity index (χ2v) is 5.53.